The molecule has 0 fully saturated rings. The molecule has 17 heavy (non-hydrogen) atoms. The molecule has 0 atom stereocenters. The van der Waals surface area contributed by atoms with Crippen LogP contribution in [0.1, 0.15) is 11.3 Å². The first kappa shape index (κ1) is 12.1. The Morgan fingerprint density at radius 2 is 1.94 bits per heavy atom. The summed E-state index contributed by atoms with van der Waals surface area (Å²) in [6.45, 7) is 1.98. The molecule has 2 aromatic rings. The summed E-state index contributed by atoms with van der Waals surface area (Å²) in [6.07, 6.45) is 0. The lowest BCUT2D eigenvalue weighted by molar-refractivity contribution is 0.426. The lowest BCUT2D eigenvalue weighted by atomic mass is 10.1. The highest BCUT2D eigenvalue weighted by atomic mass is 35.7. The summed E-state index contributed by atoms with van der Waals surface area (Å²) in [5, 5.41) is 3.66. The molecular formula is C11H10ClNO3S. The Kier molecular flexibility index (Phi) is 3.22. The average Bonchev–Trinajstić information content (AvgIpc) is 2.64. The first-order valence-electron chi connectivity index (χ1n) is 4.89. The monoisotopic (exact) mass is 271 g/mol. The van der Waals surface area contributed by atoms with Gasteiger partial charge in [-0.15, -0.1) is 0 Å². The Bertz CT molecular complexity index is 616. The fourth-order valence-corrected chi connectivity index (χ4v) is 2.24. The molecule has 4 nitrogen and oxygen atoms in total. The van der Waals surface area contributed by atoms with Gasteiger partial charge in [-0.2, -0.15) is 0 Å². The molecule has 0 amide bonds. The second-order valence-electron chi connectivity index (χ2n) is 3.73. The second-order valence-corrected chi connectivity index (χ2v) is 6.51. The third-order valence-corrected chi connectivity index (χ3v) is 3.18. The van der Waals surface area contributed by atoms with Crippen LogP contribution in [-0.4, -0.2) is 13.6 Å². The Hall–Kier alpha value is -1.33. The number of aromatic nitrogens is 1. The molecule has 0 aliphatic rings. The molecule has 90 valence electrons. The molecule has 0 aliphatic heterocycles. The van der Waals surface area contributed by atoms with E-state index in [-0.39, 0.29) is 5.75 Å². The van der Waals surface area contributed by atoms with Crippen molar-refractivity contribution in [3.63, 3.8) is 0 Å². The highest BCUT2D eigenvalue weighted by molar-refractivity contribution is 8.13. The van der Waals surface area contributed by atoms with Crippen molar-refractivity contribution in [3.8, 4) is 11.3 Å². The van der Waals surface area contributed by atoms with Gasteiger partial charge in [0.15, 0.2) is 5.76 Å². The van der Waals surface area contributed by atoms with Crippen molar-refractivity contribution in [2.75, 3.05) is 0 Å². The minimum atomic E-state index is -3.60. The number of hydrogen-bond acceptors (Lipinski definition) is 4. The van der Waals surface area contributed by atoms with Gasteiger partial charge in [0.05, 0.1) is 0 Å². The zero-order valence-corrected chi connectivity index (χ0v) is 10.6. The summed E-state index contributed by atoms with van der Waals surface area (Å²) in [7, 11) is 1.53. The summed E-state index contributed by atoms with van der Waals surface area (Å²) >= 11 is 0. The molecule has 0 bridgehead atoms. The molecule has 6 heteroatoms. The van der Waals surface area contributed by atoms with E-state index >= 15 is 0 Å². The Morgan fingerprint density at radius 3 is 2.53 bits per heavy atom. The number of rotatable bonds is 3. The maximum atomic E-state index is 10.9. The standard InChI is InChI=1S/C11H10ClNO3S/c1-8-2-4-9(5-3-8)11-6-10(13-16-11)7-17(12,14)15/h2-6H,7H2,1H3. The highest BCUT2D eigenvalue weighted by Gasteiger charge is 2.13. The second kappa shape index (κ2) is 4.50. The van der Waals surface area contributed by atoms with E-state index in [4.69, 9.17) is 15.2 Å². The van der Waals surface area contributed by atoms with Crippen LogP contribution >= 0.6 is 10.7 Å². The predicted octanol–water partition coefficient (Wildman–Crippen LogP) is 2.72. The summed E-state index contributed by atoms with van der Waals surface area (Å²) in [5.41, 5.74) is 2.29. The normalized spacial score (nSPS) is 11.6. The molecule has 1 aromatic carbocycles. The minimum Gasteiger partial charge on any atom is -0.356 e. The van der Waals surface area contributed by atoms with Crippen molar-refractivity contribution in [3.05, 3.63) is 41.6 Å². The SMILES string of the molecule is Cc1ccc(-c2cc(CS(=O)(=O)Cl)no2)cc1. The summed E-state index contributed by atoms with van der Waals surface area (Å²) in [5.74, 6) is 0.199. The van der Waals surface area contributed by atoms with Gasteiger partial charge in [0.2, 0.25) is 9.05 Å². The predicted molar refractivity (Wildman–Crippen MR) is 65.2 cm³/mol. The van der Waals surface area contributed by atoms with Crippen LogP contribution in [0.15, 0.2) is 34.9 Å². The van der Waals surface area contributed by atoms with E-state index < -0.39 is 9.05 Å². The van der Waals surface area contributed by atoms with Crippen LogP contribution in [0.4, 0.5) is 0 Å². The maximum Gasteiger partial charge on any atom is 0.238 e. The molecule has 0 unspecified atom stereocenters. The first-order valence-corrected chi connectivity index (χ1v) is 7.37. The van der Waals surface area contributed by atoms with Crippen molar-refractivity contribution in [1.29, 1.82) is 0 Å². The van der Waals surface area contributed by atoms with E-state index in [0.717, 1.165) is 11.1 Å². The molecular weight excluding hydrogens is 262 g/mol. The molecule has 0 spiro atoms. The van der Waals surface area contributed by atoms with Crippen LogP contribution in [0.25, 0.3) is 11.3 Å². The molecule has 0 saturated heterocycles. The third kappa shape index (κ3) is 3.31. The smallest absolute Gasteiger partial charge is 0.238 e. The number of aryl methyl sites for hydroxylation is 1. The fourth-order valence-electron chi connectivity index (χ4n) is 1.41. The lowest BCUT2D eigenvalue weighted by Crippen LogP contribution is -1.94. The third-order valence-electron chi connectivity index (χ3n) is 2.22. The van der Waals surface area contributed by atoms with Crippen molar-refractivity contribution in [1.82, 2.24) is 5.16 Å². The Morgan fingerprint density at radius 1 is 1.29 bits per heavy atom. The van der Waals surface area contributed by atoms with Gasteiger partial charge in [-0.1, -0.05) is 35.0 Å². The molecule has 1 aromatic heterocycles. The van der Waals surface area contributed by atoms with E-state index in [9.17, 15) is 8.42 Å². The molecule has 2 rings (SSSR count). The number of benzene rings is 1. The van der Waals surface area contributed by atoms with Crippen LogP contribution in [0.3, 0.4) is 0 Å². The molecule has 0 saturated carbocycles. The number of hydrogen-bond donors (Lipinski definition) is 0. The van der Waals surface area contributed by atoms with Gasteiger partial charge in [-0.05, 0) is 6.92 Å². The van der Waals surface area contributed by atoms with E-state index in [0.29, 0.717) is 11.5 Å². The van der Waals surface area contributed by atoms with Gasteiger partial charge >= 0.3 is 0 Å². The Balaban J connectivity index is 2.27. The molecule has 0 aliphatic carbocycles. The zero-order chi connectivity index (χ0) is 12.5. The van der Waals surface area contributed by atoms with Crippen molar-refractivity contribution >= 4 is 19.7 Å². The molecule has 0 radical (unpaired) electrons. The van der Waals surface area contributed by atoms with E-state index in [2.05, 4.69) is 5.16 Å². The topological polar surface area (TPSA) is 60.2 Å². The molecule has 0 N–H and O–H groups in total. The van der Waals surface area contributed by atoms with E-state index in [1.807, 2.05) is 31.2 Å². The first-order chi connectivity index (χ1) is 7.94. The minimum absolute atomic E-state index is 0.301. The lowest BCUT2D eigenvalue weighted by Gasteiger charge is -1.95. The quantitative estimate of drug-likeness (QED) is 0.806. The van der Waals surface area contributed by atoms with Gasteiger partial charge in [-0.3, -0.25) is 0 Å². The van der Waals surface area contributed by atoms with Crippen LogP contribution in [-0.2, 0) is 14.8 Å². The van der Waals surface area contributed by atoms with E-state index in [1.165, 1.54) is 0 Å². The summed E-state index contributed by atoms with van der Waals surface area (Å²) in [6, 6.07) is 9.22. The highest BCUT2D eigenvalue weighted by Crippen LogP contribution is 2.21. The van der Waals surface area contributed by atoms with Gasteiger partial charge in [0, 0.05) is 22.3 Å². The fraction of sp³-hybridized carbons (Fsp3) is 0.182. The largest absolute Gasteiger partial charge is 0.356 e. The zero-order valence-electron chi connectivity index (χ0n) is 9.05. The van der Waals surface area contributed by atoms with Gasteiger partial charge < -0.3 is 4.52 Å². The maximum absolute atomic E-state index is 10.9. The van der Waals surface area contributed by atoms with Crippen molar-refractivity contribution in [2.24, 2.45) is 0 Å². The molecule has 1 heterocycles. The van der Waals surface area contributed by atoms with Crippen LogP contribution in [0, 0.1) is 6.92 Å². The average molecular weight is 272 g/mol. The summed E-state index contributed by atoms with van der Waals surface area (Å²) in [4.78, 5) is 0. The van der Waals surface area contributed by atoms with Crippen molar-refractivity contribution in [2.45, 2.75) is 12.7 Å². The van der Waals surface area contributed by atoms with Crippen molar-refractivity contribution < 1.29 is 12.9 Å². The van der Waals surface area contributed by atoms with Crippen LogP contribution < -0.4 is 0 Å². The number of halogens is 1. The van der Waals surface area contributed by atoms with Gasteiger partial charge in [-0.25, -0.2) is 8.42 Å². The van der Waals surface area contributed by atoms with Gasteiger partial charge in [0.25, 0.3) is 0 Å². The van der Waals surface area contributed by atoms with Gasteiger partial charge in [0.1, 0.15) is 11.4 Å². The van der Waals surface area contributed by atoms with Crippen LogP contribution in [0.5, 0.6) is 0 Å². The van der Waals surface area contributed by atoms with E-state index in [1.54, 1.807) is 6.07 Å². The number of nitrogens with zero attached hydrogens (tertiary/aromatic N) is 1. The Labute approximate surface area is 104 Å². The van der Waals surface area contributed by atoms with Crippen LogP contribution in [0.2, 0.25) is 0 Å². The summed E-state index contributed by atoms with van der Waals surface area (Å²) < 4.78 is 26.8.